The van der Waals surface area contributed by atoms with Crippen molar-refractivity contribution < 1.29 is 0 Å². The van der Waals surface area contributed by atoms with E-state index in [1.54, 1.807) is 0 Å². The first-order chi connectivity index (χ1) is 6.40. The summed E-state index contributed by atoms with van der Waals surface area (Å²) in [6.07, 6.45) is 10.3. The zero-order valence-electron chi connectivity index (χ0n) is 7.95. The first-order valence-corrected chi connectivity index (χ1v) is 5.13. The third kappa shape index (κ3) is 1.91. The molecule has 1 aliphatic carbocycles. The molecule has 0 aromatic carbocycles. The molecule has 1 fully saturated rings. The summed E-state index contributed by atoms with van der Waals surface area (Å²) >= 11 is 0. The molecule has 0 unspecified atom stereocenters. The monoisotopic (exact) mass is 179 g/mol. The Balaban J connectivity index is 1.92. The third-order valence-electron chi connectivity index (χ3n) is 2.77. The highest BCUT2D eigenvalue weighted by atomic mass is 15.3. The summed E-state index contributed by atoms with van der Waals surface area (Å²) in [5, 5.41) is 4.37. The van der Waals surface area contributed by atoms with Crippen LogP contribution in [0.5, 0.6) is 0 Å². The highest BCUT2D eigenvalue weighted by molar-refractivity contribution is 5.05. The van der Waals surface area contributed by atoms with E-state index >= 15 is 0 Å². The smallest absolute Gasteiger partial charge is 0.0521 e. The van der Waals surface area contributed by atoms with E-state index in [1.165, 1.54) is 24.8 Å². The van der Waals surface area contributed by atoms with Gasteiger partial charge in [-0.2, -0.15) is 5.10 Å². The van der Waals surface area contributed by atoms with Crippen LogP contribution in [0.25, 0.3) is 0 Å². The Hall–Kier alpha value is -0.830. The van der Waals surface area contributed by atoms with Gasteiger partial charge in [0.1, 0.15) is 0 Å². The maximum Gasteiger partial charge on any atom is 0.0521 e. The fourth-order valence-electron chi connectivity index (χ4n) is 1.66. The molecule has 0 aliphatic heterocycles. The Morgan fingerprint density at radius 3 is 3.00 bits per heavy atom. The Morgan fingerprint density at radius 2 is 2.38 bits per heavy atom. The van der Waals surface area contributed by atoms with Gasteiger partial charge >= 0.3 is 0 Å². The molecule has 1 heterocycles. The van der Waals surface area contributed by atoms with Crippen LogP contribution < -0.4 is 5.73 Å². The fourth-order valence-corrected chi connectivity index (χ4v) is 1.66. The van der Waals surface area contributed by atoms with Crippen LogP contribution in [-0.2, 0) is 6.42 Å². The van der Waals surface area contributed by atoms with Crippen LogP contribution in [0.2, 0.25) is 0 Å². The topological polar surface area (TPSA) is 43.8 Å². The molecule has 1 aromatic rings. The number of hydrogen-bond acceptors (Lipinski definition) is 2. The summed E-state index contributed by atoms with van der Waals surface area (Å²) in [6.45, 7) is 0.772. The predicted molar refractivity (Wildman–Crippen MR) is 52.5 cm³/mol. The molecule has 3 heteroatoms. The summed E-state index contributed by atoms with van der Waals surface area (Å²) in [5.74, 6) is 0. The number of hydrogen-bond donors (Lipinski definition) is 1. The van der Waals surface area contributed by atoms with E-state index in [0.717, 1.165) is 19.4 Å². The molecular formula is C10H17N3. The highest BCUT2D eigenvalue weighted by Gasteiger charge is 2.19. The molecular weight excluding hydrogens is 162 g/mol. The van der Waals surface area contributed by atoms with Crippen LogP contribution in [0, 0.1) is 0 Å². The van der Waals surface area contributed by atoms with Crippen molar-refractivity contribution in [1.29, 1.82) is 0 Å². The molecule has 1 aromatic heterocycles. The average molecular weight is 179 g/mol. The summed E-state index contributed by atoms with van der Waals surface area (Å²) < 4.78 is 2.12. The van der Waals surface area contributed by atoms with E-state index in [0.29, 0.717) is 6.04 Å². The summed E-state index contributed by atoms with van der Waals surface area (Å²) in [6, 6.07) is 0.687. The quantitative estimate of drug-likeness (QED) is 0.761. The van der Waals surface area contributed by atoms with Gasteiger partial charge in [-0.25, -0.2) is 0 Å². The molecule has 0 bridgehead atoms. The van der Waals surface area contributed by atoms with Crippen LogP contribution in [0.1, 0.15) is 37.3 Å². The van der Waals surface area contributed by atoms with Crippen LogP contribution in [0.4, 0.5) is 0 Å². The first-order valence-electron chi connectivity index (χ1n) is 5.13. The number of nitrogens with zero attached hydrogens (tertiary/aromatic N) is 2. The van der Waals surface area contributed by atoms with E-state index in [4.69, 9.17) is 5.73 Å². The number of aromatic nitrogens is 2. The average Bonchev–Trinajstić information content (AvgIpc) is 2.46. The highest BCUT2D eigenvalue weighted by Crippen LogP contribution is 2.30. The molecule has 3 nitrogen and oxygen atoms in total. The minimum Gasteiger partial charge on any atom is -0.330 e. The molecule has 2 N–H and O–H groups in total. The summed E-state index contributed by atoms with van der Waals surface area (Å²) in [5.41, 5.74) is 6.78. The van der Waals surface area contributed by atoms with Crippen molar-refractivity contribution in [3.63, 3.8) is 0 Å². The number of nitrogens with two attached hydrogens (primary N) is 1. The minimum absolute atomic E-state index is 0.687. The summed E-state index contributed by atoms with van der Waals surface area (Å²) in [7, 11) is 0. The van der Waals surface area contributed by atoms with Crippen molar-refractivity contribution in [2.24, 2.45) is 5.73 Å². The Labute approximate surface area is 78.9 Å². The molecule has 1 aliphatic rings. The second-order valence-corrected chi connectivity index (χ2v) is 3.81. The van der Waals surface area contributed by atoms with Crippen molar-refractivity contribution in [1.82, 2.24) is 9.78 Å². The van der Waals surface area contributed by atoms with Gasteiger partial charge in [0.15, 0.2) is 0 Å². The molecule has 0 saturated heterocycles. The number of aryl methyl sites for hydroxylation is 1. The molecule has 13 heavy (non-hydrogen) atoms. The lowest BCUT2D eigenvalue weighted by Gasteiger charge is -2.25. The van der Waals surface area contributed by atoms with Gasteiger partial charge in [0.25, 0.3) is 0 Å². The van der Waals surface area contributed by atoms with Crippen LogP contribution >= 0.6 is 0 Å². The maximum atomic E-state index is 5.45. The van der Waals surface area contributed by atoms with Crippen LogP contribution in [-0.4, -0.2) is 16.3 Å². The van der Waals surface area contributed by atoms with Gasteiger partial charge in [-0.1, -0.05) is 0 Å². The Morgan fingerprint density at radius 1 is 1.54 bits per heavy atom. The Kier molecular flexibility index (Phi) is 2.64. The van der Waals surface area contributed by atoms with E-state index < -0.39 is 0 Å². The zero-order valence-corrected chi connectivity index (χ0v) is 7.95. The van der Waals surface area contributed by atoms with Gasteiger partial charge in [-0.15, -0.1) is 0 Å². The second-order valence-electron chi connectivity index (χ2n) is 3.81. The number of rotatable bonds is 4. The van der Waals surface area contributed by atoms with E-state index in [-0.39, 0.29) is 0 Å². The van der Waals surface area contributed by atoms with Gasteiger partial charge in [0.05, 0.1) is 12.2 Å². The third-order valence-corrected chi connectivity index (χ3v) is 2.77. The van der Waals surface area contributed by atoms with E-state index in [1.807, 2.05) is 6.20 Å². The molecule has 0 amide bonds. The fraction of sp³-hybridized carbons (Fsp3) is 0.700. The lowest BCUT2D eigenvalue weighted by atomic mass is 9.93. The van der Waals surface area contributed by atoms with Gasteiger partial charge in [-0.05, 0) is 44.2 Å². The lowest BCUT2D eigenvalue weighted by Crippen LogP contribution is -2.17. The van der Waals surface area contributed by atoms with Gasteiger partial charge in [0.2, 0.25) is 0 Å². The van der Waals surface area contributed by atoms with Crippen molar-refractivity contribution >= 4 is 0 Å². The molecule has 1 saturated carbocycles. The predicted octanol–water partition coefficient (Wildman–Crippen LogP) is 1.50. The molecule has 2 rings (SSSR count). The standard InChI is InChI=1S/C10H17N3/c11-6-2-3-9-7-12-13(8-9)10-4-1-5-10/h7-8,10H,1-6,11H2. The van der Waals surface area contributed by atoms with Crippen molar-refractivity contribution in [3.05, 3.63) is 18.0 Å². The van der Waals surface area contributed by atoms with E-state index in [9.17, 15) is 0 Å². The summed E-state index contributed by atoms with van der Waals surface area (Å²) in [4.78, 5) is 0. The van der Waals surface area contributed by atoms with Gasteiger partial charge in [-0.3, -0.25) is 4.68 Å². The molecule has 72 valence electrons. The largest absolute Gasteiger partial charge is 0.330 e. The lowest BCUT2D eigenvalue weighted by molar-refractivity contribution is 0.289. The SMILES string of the molecule is NCCCc1cnn(C2CCC2)c1. The normalized spacial score (nSPS) is 17.3. The van der Waals surface area contributed by atoms with Crippen molar-refractivity contribution in [2.45, 2.75) is 38.1 Å². The van der Waals surface area contributed by atoms with E-state index in [2.05, 4.69) is 16.0 Å². The van der Waals surface area contributed by atoms with Gasteiger partial charge in [0, 0.05) is 6.20 Å². The second kappa shape index (κ2) is 3.92. The van der Waals surface area contributed by atoms with Gasteiger partial charge < -0.3 is 5.73 Å². The molecule has 0 spiro atoms. The van der Waals surface area contributed by atoms with Crippen LogP contribution in [0.15, 0.2) is 12.4 Å². The first kappa shape index (κ1) is 8.75. The maximum absolute atomic E-state index is 5.45. The van der Waals surface area contributed by atoms with Crippen molar-refractivity contribution in [2.75, 3.05) is 6.54 Å². The Bertz CT molecular complexity index is 263. The molecule has 0 radical (unpaired) electrons. The zero-order chi connectivity index (χ0) is 9.10. The minimum atomic E-state index is 0.687. The van der Waals surface area contributed by atoms with Crippen molar-refractivity contribution in [3.8, 4) is 0 Å². The molecule has 0 atom stereocenters. The van der Waals surface area contributed by atoms with Crippen LogP contribution in [0.3, 0.4) is 0 Å².